The first kappa shape index (κ1) is 12.9. The van der Waals surface area contributed by atoms with Crippen LogP contribution in [0.2, 0.25) is 0 Å². The van der Waals surface area contributed by atoms with E-state index in [1.807, 2.05) is 13.8 Å². The van der Waals surface area contributed by atoms with E-state index in [1.54, 1.807) is 0 Å². The van der Waals surface area contributed by atoms with Gasteiger partial charge in [-0.25, -0.2) is 0 Å². The van der Waals surface area contributed by atoms with Gasteiger partial charge in [0.2, 0.25) is 0 Å². The van der Waals surface area contributed by atoms with Crippen LogP contribution in [-0.2, 0) is 0 Å². The van der Waals surface area contributed by atoms with Crippen molar-refractivity contribution in [1.82, 2.24) is 5.32 Å². The summed E-state index contributed by atoms with van der Waals surface area (Å²) < 4.78 is 0. The van der Waals surface area contributed by atoms with Gasteiger partial charge in [0.1, 0.15) is 0 Å². The Kier molecular flexibility index (Phi) is 3.56. The third-order valence-corrected chi connectivity index (χ3v) is 1.59. The predicted molar refractivity (Wildman–Crippen MR) is 57.9 cm³/mol. The summed E-state index contributed by atoms with van der Waals surface area (Å²) in [6, 6.07) is 0. The molecular weight excluding hydrogens is 162 g/mol. The Bertz CT molecular complexity index is 142. The SMILES string of the molecule is CC(C)(O)CC(C)(C)NC(C)(C)C. The van der Waals surface area contributed by atoms with E-state index >= 15 is 0 Å². The highest BCUT2D eigenvalue weighted by Crippen LogP contribution is 2.21. The predicted octanol–water partition coefficient (Wildman–Crippen LogP) is 2.31. The molecule has 0 aromatic carbocycles. The molecule has 0 aromatic heterocycles. The van der Waals surface area contributed by atoms with Gasteiger partial charge >= 0.3 is 0 Å². The van der Waals surface area contributed by atoms with Crippen molar-refractivity contribution >= 4 is 0 Å². The van der Waals surface area contributed by atoms with Gasteiger partial charge in [0.15, 0.2) is 0 Å². The Morgan fingerprint density at radius 1 is 0.923 bits per heavy atom. The Hall–Kier alpha value is -0.0800. The fourth-order valence-corrected chi connectivity index (χ4v) is 2.14. The molecule has 2 nitrogen and oxygen atoms in total. The summed E-state index contributed by atoms with van der Waals surface area (Å²) in [5.41, 5.74) is -0.549. The van der Waals surface area contributed by atoms with Crippen LogP contribution in [0.3, 0.4) is 0 Å². The van der Waals surface area contributed by atoms with Crippen LogP contribution in [-0.4, -0.2) is 21.8 Å². The molecule has 0 atom stereocenters. The molecule has 0 aliphatic heterocycles. The van der Waals surface area contributed by atoms with Crippen LogP contribution < -0.4 is 5.32 Å². The first-order chi connectivity index (χ1) is 5.41. The van der Waals surface area contributed by atoms with Gasteiger partial charge < -0.3 is 10.4 Å². The molecule has 0 aliphatic rings. The van der Waals surface area contributed by atoms with Gasteiger partial charge in [-0.05, 0) is 54.9 Å². The van der Waals surface area contributed by atoms with Crippen LogP contribution in [0.1, 0.15) is 54.9 Å². The zero-order valence-electron chi connectivity index (χ0n) is 10.2. The third kappa shape index (κ3) is 8.26. The molecule has 0 heterocycles. The maximum Gasteiger partial charge on any atom is 0.0609 e. The Morgan fingerprint density at radius 3 is 1.54 bits per heavy atom. The molecule has 0 amide bonds. The number of hydrogen-bond acceptors (Lipinski definition) is 2. The molecule has 0 radical (unpaired) electrons. The van der Waals surface area contributed by atoms with Gasteiger partial charge in [-0.15, -0.1) is 0 Å². The lowest BCUT2D eigenvalue weighted by Gasteiger charge is -2.38. The maximum atomic E-state index is 9.71. The molecule has 0 aliphatic carbocycles. The highest BCUT2D eigenvalue weighted by atomic mass is 16.3. The van der Waals surface area contributed by atoms with Crippen molar-refractivity contribution in [2.45, 2.75) is 71.6 Å². The van der Waals surface area contributed by atoms with Crippen LogP contribution in [0, 0.1) is 0 Å². The molecule has 2 heteroatoms. The summed E-state index contributed by atoms with van der Waals surface area (Å²) >= 11 is 0. The lowest BCUT2D eigenvalue weighted by molar-refractivity contribution is 0.0386. The van der Waals surface area contributed by atoms with Crippen LogP contribution in [0.15, 0.2) is 0 Å². The Labute approximate surface area is 82.7 Å². The fourth-order valence-electron chi connectivity index (χ4n) is 2.14. The van der Waals surface area contributed by atoms with Gasteiger partial charge in [-0.3, -0.25) is 0 Å². The second-order valence-corrected chi connectivity index (χ2v) is 6.25. The standard InChI is InChI=1S/C11H25NO/c1-9(2,3)12-10(4,5)8-11(6,7)13/h12-13H,8H2,1-7H3. The van der Waals surface area contributed by atoms with Crippen molar-refractivity contribution in [3.63, 3.8) is 0 Å². The fraction of sp³-hybridized carbons (Fsp3) is 1.00. The summed E-state index contributed by atoms with van der Waals surface area (Å²) in [7, 11) is 0. The summed E-state index contributed by atoms with van der Waals surface area (Å²) in [6.45, 7) is 14.3. The normalized spacial score (nSPS) is 14.8. The van der Waals surface area contributed by atoms with Crippen molar-refractivity contribution in [1.29, 1.82) is 0 Å². The second kappa shape index (κ2) is 3.58. The molecular formula is C11H25NO. The number of rotatable bonds is 3. The molecule has 13 heavy (non-hydrogen) atoms. The average Bonchev–Trinajstić information content (AvgIpc) is 1.43. The van der Waals surface area contributed by atoms with Crippen molar-refractivity contribution in [2.75, 3.05) is 0 Å². The molecule has 0 rings (SSSR count). The second-order valence-electron chi connectivity index (χ2n) is 6.25. The van der Waals surface area contributed by atoms with Crippen LogP contribution in [0.4, 0.5) is 0 Å². The van der Waals surface area contributed by atoms with Gasteiger partial charge in [-0.1, -0.05) is 0 Å². The number of hydrogen-bond donors (Lipinski definition) is 2. The Balaban J connectivity index is 4.25. The van der Waals surface area contributed by atoms with E-state index in [-0.39, 0.29) is 11.1 Å². The summed E-state index contributed by atoms with van der Waals surface area (Å²) in [6.07, 6.45) is 0.747. The van der Waals surface area contributed by atoms with E-state index in [9.17, 15) is 5.11 Å². The Morgan fingerprint density at radius 2 is 1.31 bits per heavy atom. The van der Waals surface area contributed by atoms with Gasteiger partial charge in [0, 0.05) is 11.1 Å². The molecule has 0 spiro atoms. The minimum atomic E-state index is -0.609. The molecule has 0 fully saturated rings. The average molecular weight is 187 g/mol. The minimum Gasteiger partial charge on any atom is -0.390 e. The topological polar surface area (TPSA) is 32.3 Å². The zero-order valence-corrected chi connectivity index (χ0v) is 10.2. The number of aliphatic hydroxyl groups is 1. The van der Waals surface area contributed by atoms with Crippen LogP contribution >= 0.6 is 0 Å². The first-order valence-electron chi connectivity index (χ1n) is 4.93. The van der Waals surface area contributed by atoms with E-state index in [0.29, 0.717) is 0 Å². The van der Waals surface area contributed by atoms with Crippen molar-refractivity contribution in [3.8, 4) is 0 Å². The molecule has 0 aromatic rings. The van der Waals surface area contributed by atoms with Crippen LogP contribution in [0.25, 0.3) is 0 Å². The number of nitrogens with one attached hydrogen (secondary N) is 1. The lowest BCUT2D eigenvalue weighted by Crippen LogP contribution is -2.53. The van der Waals surface area contributed by atoms with Gasteiger partial charge in [0.05, 0.1) is 5.60 Å². The first-order valence-corrected chi connectivity index (χ1v) is 4.93. The van der Waals surface area contributed by atoms with E-state index in [2.05, 4.69) is 39.9 Å². The molecule has 0 saturated heterocycles. The third-order valence-electron chi connectivity index (χ3n) is 1.59. The van der Waals surface area contributed by atoms with Crippen molar-refractivity contribution < 1.29 is 5.11 Å². The van der Waals surface area contributed by atoms with E-state index in [4.69, 9.17) is 0 Å². The molecule has 2 N–H and O–H groups in total. The summed E-state index contributed by atoms with van der Waals surface area (Å²) in [5, 5.41) is 13.2. The van der Waals surface area contributed by atoms with Crippen molar-refractivity contribution in [3.05, 3.63) is 0 Å². The maximum absolute atomic E-state index is 9.71. The van der Waals surface area contributed by atoms with E-state index in [1.165, 1.54) is 0 Å². The van der Waals surface area contributed by atoms with E-state index in [0.717, 1.165) is 6.42 Å². The summed E-state index contributed by atoms with van der Waals surface area (Å²) in [4.78, 5) is 0. The van der Waals surface area contributed by atoms with Crippen molar-refractivity contribution in [2.24, 2.45) is 0 Å². The highest BCUT2D eigenvalue weighted by molar-refractivity contribution is 4.89. The minimum absolute atomic E-state index is 0.0312. The van der Waals surface area contributed by atoms with E-state index < -0.39 is 5.60 Å². The monoisotopic (exact) mass is 187 g/mol. The zero-order chi connectivity index (χ0) is 10.9. The highest BCUT2D eigenvalue weighted by Gasteiger charge is 2.29. The molecule has 0 bridgehead atoms. The van der Waals surface area contributed by atoms with Gasteiger partial charge in [-0.2, -0.15) is 0 Å². The molecule has 0 unspecified atom stereocenters. The molecule has 80 valence electrons. The molecule has 0 saturated carbocycles. The lowest BCUT2D eigenvalue weighted by atomic mass is 9.87. The van der Waals surface area contributed by atoms with Gasteiger partial charge in [0.25, 0.3) is 0 Å². The summed E-state index contributed by atoms with van der Waals surface area (Å²) in [5.74, 6) is 0. The smallest absolute Gasteiger partial charge is 0.0609 e. The van der Waals surface area contributed by atoms with Crippen LogP contribution in [0.5, 0.6) is 0 Å². The largest absolute Gasteiger partial charge is 0.390 e. The quantitative estimate of drug-likeness (QED) is 0.710.